The average Bonchev–Trinajstić information content (AvgIpc) is 2.62. The van der Waals surface area contributed by atoms with Crippen LogP contribution in [0.1, 0.15) is 52.1 Å². The highest BCUT2D eigenvalue weighted by Gasteiger charge is 2.24. The predicted octanol–water partition coefficient (Wildman–Crippen LogP) is 3.44. The fourth-order valence-electron chi connectivity index (χ4n) is 3.25. The van der Waals surface area contributed by atoms with E-state index in [-0.39, 0.29) is 6.09 Å². The van der Waals surface area contributed by atoms with Crippen molar-refractivity contribution < 1.29 is 9.53 Å². The number of amides is 1. The number of nitrogens with one attached hydrogen (secondary N) is 1. The van der Waals surface area contributed by atoms with Crippen LogP contribution in [0.3, 0.4) is 0 Å². The van der Waals surface area contributed by atoms with E-state index in [4.69, 9.17) is 9.72 Å². The van der Waals surface area contributed by atoms with Gasteiger partial charge in [-0.05, 0) is 39.5 Å². The van der Waals surface area contributed by atoms with Gasteiger partial charge < -0.3 is 19.9 Å². The van der Waals surface area contributed by atoms with Crippen LogP contribution in [0.25, 0.3) is 0 Å². The van der Waals surface area contributed by atoms with E-state index in [9.17, 15) is 4.79 Å². The number of hydrogen-bond acceptors (Lipinski definition) is 6. The lowest BCUT2D eigenvalue weighted by Crippen LogP contribution is -2.42. The fraction of sp³-hybridized carbons (Fsp3) is 0.737. The molecule has 1 fully saturated rings. The minimum atomic E-state index is -0.208. The zero-order valence-electron chi connectivity index (χ0n) is 16.6. The van der Waals surface area contributed by atoms with Crippen molar-refractivity contribution in [2.75, 3.05) is 43.0 Å². The Balaban J connectivity index is 1.98. The van der Waals surface area contributed by atoms with Crippen molar-refractivity contribution in [3.63, 3.8) is 0 Å². The Morgan fingerprint density at radius 1 is 1.23 bits per heavy atom. The van der Waals surface area contributed by atoms with Crippen molar-refractivity contribution in [2.24, 2.45) is 0 Å². The molecular weight excluding hydrogens is 330 g/mol. The van der Waals surface area contributed by atoms with Crippen LogP contribution in [0.15, 0.2) is 6.07 Å². The summed E-state index contributed by atoms with van der Waals surface area (Å²) in [6.07, 6.45) is 3.73. The molecule has 0 saturated carbocycles. The van der Waals surface area contributed by atoms with Gasteiger partial charge in [-0.25, -0.2) is 9.78 Å². The molecule has 7 nitrogen and oxygen atoms in total. The summed E-state index contributed by atoms with van der Waals surface area (Å²) >= 11 is 0. The number of aryl methyl sites for hydroxylation is 1. The number of carbonyl (C=O) groups is 1. The summed E-state index contributed by atoms with van der Waals surface area (Å²) < 4.78 is 5.08. The number of hydrogen-bond donors (Lipinski definition) is 1. The molecule has 2 heterocycles. The quantitative estimate of drug-likeness (QED) is 0.763. The Morgan fingerprint density at radius 3 is 2.46 bits per heavy atom. The van der Waals surface area contributed by atoms with Gasteiger partial charge in [-0.15, -0.1) is 0 Å². The Bertz CT molecular complexity index is 567. The smallest absolute Gasteiger partial charge is 0.409 e. The van der Waals surface area contributed by atoms with Gasteiger partial charge in [0.1, 0.15) is 5.82 Å². The van der Waals surface area contributed by atoms with Crippen molar-refractivity contribution in [3.8, 4) is 0 Å². The van der Waals surface area contributed by atoms with Crippen LogP contribution < -0.4 is 10.2 Å². The molecule has 1 aliphatic rings. The highest BCUT2D eigenvalue weighted by molar-refractivity contribution is 5.67. The van der Waals surface area contributed by atoms with Crippen LogP contribution in [-0.4, -0.2) is 59.8 Å². The number of carbonyl (C=O) groups excluding carboxylic acids is 1. The van der Waals surface area contributed by atoms with Gasteiger partial charge in [0, 0.05) is 44.0 Å². The van der Waals surface area contributed by atoms with E-state index in [1.165, 1.54) is 0 Å². The molecule has 1 aromatic heterocycles. The second kappa shape index (κ2) is 10.2. The molecule has 1 aromatic rings. The molecule has 0 radical (unpaired) electrons. The Labute approximate surface area is 157 Å². The van der Waals surface area contributed by atoms with Gasteiger partial charge in [-0.3, -0.25) is 0 Å². The largest absolute Gasteiger partial charge is 0.450 e. The van der Waals surface area contributed by atoms with Gasteiger partial charge >= 0.3 is 6.09 Å². The van der Waals surface area contributed by atoms with Crippen molar-refractivity contribution in [1.29, 1.82) is 0 Å². The molecule has 0 atom stereocenters. The Kier molecular flexibility index (Phi) is 7.94. The third-order valence-corrected chi connectivity index (χ3v) is 4.49. The topological polar surface area (TPSA) is 70.6 Å². The summed E-state index contributed by atoms with van der Waals surface area (Å²) in [4.78, 5) is 25.2. The summed E-state index contributed by atoms with van der Waals surface area (Å²) in [6.45, 7) is 12.0. The third-order valence-electron chi connectivity index (χ3n) is 4.49. The standard InChI is InChI=1S/C19H33N5O2/c1-5-10-23(11-6-2)18-20-15(4)14-17(22-18)21-16-8-12-24(13-9-16)19(25)26-7-3/h14,16H,5-13H2,1-4H3,(H,20,21,22). The summed E-state index contributed by atoms with van der Waals surface area (Å²) in [7, 11) is 0. The molecule has 1 N–H and O–H groups in total. The second-order valence-corrected chi connectivity index (χ2v) is 6.79. The van der Waals surface area contributed by atoms with Gasteiger partial charge in [0.15, 0.2) is 0 Å². The zero-order chi connectivity index (χ0) is 18.9. The van der Waals surface area contributed by atoms with Crippen LogP contribution in [0, 0.1) is 6.92 Å². The summed E-state index contributed by atoms with van der Waals surface area (Å²) in [5, 5.41) is 3.54. The molecular formula is C19H33N5O2. The maximum absolute atomic E-state index is 11.8. The van der Waals surface area contributed by atoms with Gasteiger partial charge in [0.05, 0.1) is 6.61 Å². The SMILES string of the molecule is CCCN(CCC)c1nc(C)cc(NC2CCN(C(=O)OCC)CC2)n1. The van der Waals surface area contributed by atoms with E-state index in [2.05, 4.69) is 29.0 Å². The first-order valence-corrected chi connectivity index (χ1v) is 9.86. The third kappa shape index (κ3) is 5.75. The van der Waals surface area contributed by atoms with Crippen LogP contribution in [0.2, 0.25) is 0 Å². The first-order chi connectivity index (χ1) is 12.6. The lowest BCUT2D eigenvalue weighted by atomic mass is 10.1. The molecule has 26 heavy (non-hydrogen) atoms. The summed E-state index contributed by atoms with van der Waals surface area (Å²) in [6, 6.07) is 2.31. The number of rotatable bonds is 8. The molecule has 0 unspecified atom stereocenters. The summed E-state index contributed by atoms with van der Waals surface area (Å²) in [5.41, 5.74) is 0.971. The molecule has 2 rings (SSSR count). The number of aromatic nitrogens is 2. The molecule has 0 aliphatic carbocycles. The van der Waals surface area contributed by atoms with Gasteiger partial charge in [0.2, 0.25) is 5.95 Å². The van der Waals surface area contributed by atoms with Crippen molar-refractivity contribution in [2.45, 2.75) is 59.4 Å². The Hall–Kier alpha value is -2.05. The van der Waals surface area contributed by atoms with E-state index in [0.29, 0.717) is 25.7 Å². The van der Waals surface area contributed by atoms with Gasteiger partial charge in [-0.2, -0.15) is 4.98 Å². The Morgan fingerprint density at radius 2 is 1.88 bits per heavy atom. The molecule has 146 valence electrons. The van der Waals surface area contributed by atoms with E-state index in [0.717, 1.165) is 56.2 Å². The maximum atomic E-state index is 11.8. The molecule has 0 bridgehead atoms. The number of nitrogens with zero attached hydrogens (tertiary/aromatic N) is 4. The van der Waals surface area contributed by atoms with E-state index < -0.39 is 0 Å². The average molecular weight is 364 g/mol. The van der Waals surface area contributed by atoms with Crippen LogP contribution in [0.5, 0.6) is 0 Å². The highest BCUT2D eigenvalue weighted by atomic mass is 16.6. The van der Waals surface area contributed by atoms with Crippen LogP contribution in [-0.2, 0) is 4.74 Å². The number of piperidine rings is 1. The highest BCUT2D eigenvalue weighted by Crippen LogP contribution is 2.19. The number of ether oxygens (including phenoxy) is 1. The zero-order valence-corrected chi connectivity index (χ0v) is 16.6. The van der Waals surface area contributed by atoms with E-state index in [1.54, 1.807) is 4.90 Å². The number of likely N-dealkylation sites (tertiary alicyclic amines) is 1. The van der Waals surface area contributed by atoms with Crippen LogP contribution >= 0.6 is 0 Å². The molecule has 0 aromatic carbocycles. The molecule has 0 spiro atoms. The minimum absolute atomic E-state index is 0.208. The monoisotopic (exact) mass is 363 g/mol. The van der Waals surface area contributed by atoms with Crippen molar-refractivity contribution >= 4 is 17.9 Å². The van der Waals surface area contributed by atoms with E-state index in [1.807, 2.05) is 19.9 Å². The van der Waals surface area contributed by atoms with Crippen LogP contribution in [0.4, 0.5) is 16.6 Å². The maximum Gasteiger partial charge on any atom is 0.409 e. The van der Waals surface area contributed by atoms with Gasteiger partial charge in [0.25, 0.3) is 0 Å². The van der Waals surface area contributed by atoms with Crippen molar-refractivity contribution in [1.82, 2.24) is 14.9 Å². The predicted molar refractivity (Wildman–Crippen MR) is 105 cm³/mol. The van der Waals surface area contributed by atoms with E-state index >= 15 is 0 Å². The molecule has 1 aliphatic heterocycles. The summed E-state index contributed by atoms with van der Waals surface area (Å²) in [5.74, 6) is 1.68. The molecule has 7 heteroatoms. The fourth-order valence-corrected chi connectivity index (χ4v) is 3.25. The lowest BCUT2D eigenvalue weighted by Gasteiger charge is -2.32. The van der Waals surface area contributed by atoms with Gasteiger partial charge in [-0.1, -0.05) is 13.8 Å². The normalized spacial score (nSPS) is 15.0. The van der Waals surface area contributed by atoms with Crippen molar-refractivity contribution in [3.05, 3.63) is 11.8 Å². The lowest BCUT2D eigenvalue weighted by molar-refractivity contribution is 0.0983. The molecule has 1 saturated heterocycles. The first kappa shape index (κ1) is 20.3. The first-order valence-electron chi connectivity index (χ1n) is 9.86. The minimum Gasteiger partial charge on any atom is -0.450 e. The second-order valence-electron chi connectivity index (χ2n) is 6.79. The molecule has 1 amide bonds. The number of anilines is 2.